The van der Waals surface area contributed by atoms with Crippen LogP contribution >= 0.6 is 0 Å². The van der Waals surface area contributed by atoms with Gasteiger partial charge >= 0.3 is 0 Å². The molecule has 0 spiro atoms. The summed E-state index contributed by atoms with van der Waals surface area (Å²) in [5.74, 6) is 2.49. The number of ether oxygens (including phenoxy) is 1. The van der Waals surface area contributed by atoms with Crippen LogP contribution in [0, 0.1) is 12.3 Å². The van der Waals surface area contributed by atoms with Crippen molar-refractivity contribution in [1.82, 2.24) is 4.98 Å². The summed E-state index contributed by atoms with van der Waals surface area (Å²) < 4.78 is 25.0. The first-order valence-electron chi connectivity index (χ1n) is 4.13. The average Bonchev–Trinajstić information content (AvgIpc) is 2.03. The quantitative estimate of drug-likeness (QED) is 0.539. The van der Waals surface area contributed by atoms with Crippen LogP contribution in [0.3, 0.4) is 0 Å². The molecule has 50 valence electrons. The molecule has 0 N–H and O–H groups in total. The van der Waals surface area contributed by atoms with Gasteiger partial charge in [-0.2, -0.15) is 0 Å². The fourth-order valence-corrected chi connectivity index (χ4v) is 0.526. The monoisotopic (exact) mass is 136 g/mol. The molecule has 0 fully saturated rings. The Balaban J connectivity index is 2.77. The van der Waals surface area contributed by atoms with E-state index in [-0.39, 0.29) is 5.75 Å². The summed E-state index contributed by atoms with van der Waals surface area (Å²) in [4.78, 5) is 3.77. The zero-order valence-corrected chi connectivity index (χ0v) is 5.16. The molecule has 1 heterocycles. The van der Waals surface area contributed by atoms with Crippen molar-refractivity contribution in [3.8, 4) is 18.1 Å². The minimum Gasteiger partial charge on any atom is -0.495 e. The van der Waals surface area contributed by atoms with Gasteiger partial charge < -0.3 is 4.74 Å². The molecule has 0 unspecified atom stereocenters. The van der Waals surface area contributed by atoms with Gasteiger partial charge in [0.1, 0.15) is 11.4 Å². The molecule has 0 aliphatic rings. The van der Waals surface area contributed by atoms with Crippen molar-refractivity contribution < 1.29 is 8.85 Å². The topological polar surface area (TPSA) is 22.1 Å². The molecule has 0 aliphatic carbocycles. The summed E-state index contributed by atoms with van der Waals surface area (Å²) in [5, 5.41) is 0. The van der Waals surface area contributed by atoms with Crippen molar-refractivity contribution in [2.24, 2.45) is 0 Å². The smallest absolute Gasteiger partial charge is 0.137 e. The molecule has 1 aromatic heterocycles. The fourth-order valence-electron chi connectivity index (χ4n) is 0.526. The van der Waals surface area contributed by atoms with Gasteiger partial charge in [-0.25, -0.2) is 4.98 Å². The molecule has 0 radical (unpaired) electrons. The molecule has 2 heteroatoms. The molecule has 10 heavy (non-hydrogen) atoms. The molecule has 0 amide bonds. The first kappa shape index (κ1) is 3.62. The average molecular weight is 136 g/mol. The largest absolute Gasteiger partial charge is 0.495 e. The standard InChI is InChI=1S/C8H7NO/c1-3-7-4-5-8(10-2)6-9-7/h1,4-6H,2H3/i2D3. The van der Waals surface area contributed by atoms with Gasteiger partial charge in [0.05, 0.1) is 17.3 Å². The summed E-state index contributed by atoms with van der Waals surface area (Å²) >= 11 is 0. The van der Waals surface area contributed by atoms with Crippen molar-refractivity contribution >= 4 is 0 Å². The number of aromatic nitrogens is 1. The second kappa shape index (κ2) is 2.88. The van der Waals surface area contributed by atoms with Gasteiger partial charge in [0.15, 0.2) is 0 Å². The maximum Gasteiger partial charge on any atom is 0.137 e. The third-order valence-electron chi connectivity index (χ3n) is 1.00. The van der Waals surface area contributed by atoms with Gasteiger partial charge in [0.25, 0.3) is 0 Å². The van der Waals surface area contributed by atoms with Crippen LogP contribution < -0.4 is 4.74 Å². The number of rotatable bonds is 1. The van der Waals surface area contributed by atoms with E-state index in [1.165, 1.54) is 18.3 Å². The van der Waals surface area contributed by atoms with Crippen LogP contribution in [0.25, 0.3) is 0 Å². The minimum absolute atomic E-state index is 0.180. The summed E-state index contributed by atoms with van der Waals surface area (Å²) in [6, 6.07) is 2.98. The number of hydrogen-bond donors (Lipinski definition) is 0. The lowest BCUT2D eigenvalue weighted by atomic mass is 10.3. The van der Waals surface area contributed by atoms with E-state index in [0.717, 1.165) is 0 Å². The van der Waals surface area contributed by atoms with E-state index >= 15 is 0 Å². The Kier molecular flexibility index (Phi) is 1.04. The molecule has 0 saturated heterocycles. The minimum atomic E-state index is -2.45. The Hall–Kier alpha value is -1.49. The highest BCUT2D eigenvalue weighted by molar-refractivity contribution is 5.28. The van der Waals surface area contributed by atoms with Gasteiger partial charge in [-0.05, 0) is 12.1 Å². The molecule has 0 aliphatic heterocycles. The maximum atomic E-state index is 6.81. The van der Waals surface area contributed by atoms with E-state index in [4.69, 9.17) is 10.5 Å². The maximum absolute atomic E-state index is 6.81. The first-order valence-corrected chi connectivity index (χ1v) is 2.63. The molecule has 0 atom stereocenters. The summed E-state index contributed by atoms with van der Waals surface area (Å²) in [6.45, 7) is 0. The summed E-state index contributed by atoms with van der Waals surface area (Å²) in [6.07, 6.45) is 6.34. The summed E-state index contributed by atoms with van der Waals surface area (Å²) in [5.41, 5.74) is 0.442. The van der Waals surface area contributed by atoms with Crippen molar-refractivity contribution in [2.75, 3.05) is 7.04 Å². The Morgan fingerprint density at radius 1 is 1.80 bits per heavy atom. The Labute approximate surface area is 64.1 Å². The van der Waals surface area contributed by atoms with Gasteiger partial charge in [0, 0.05) is 0 Å². The first-order chi connectivity index (χ1) is 6.01. The lowest BCUT2D eigenvalue weighted by Crippen LogP contribution is -1.85. The second-order valence-corrected chi connectivity index (χ2v) is 1.63. The molecule has 1 aromatic rings. The lowest BCUT2D eigenvalue weighted by molar-refractivity contribution is 0.413. The zero-order valence-electron chi connectivity index (χ0n) is 8.16. The molecular formula is C8H7NO. The Morgan fingerprint density at radius 3 is 3.20 bits per heavy atom. The van der Waals surface area contributed by atoms with Gasteiger partial charge in [-0.3, -0.25) is 0 Å². The van der Waals surface area contributed by atoms with Crippen LogP contribution in [0.15, 0.2) is 18.3 Å². The fraction of sp³-hybridized carbons (Fsp3) is 0.125. The van der Waals surface area contributed by atoms with E-state index in [2.05, 4.69) is 15.6 Å². The highest BCUT2D eigenvalue weighted by atomic mass is 16.5. The molecule has 2 nitrogen and oxygen atoms in total. The van der Waals surface area contributed by atoms with Crippen molar-refractivity contribution in [3.63, 3.8) is 0 Å². The molecule has 1 rings (SSSR count). The highest BCUT2D eigenvalue weighted by Crippen LogP contribution is 2.06. The van der Waals surface area contributed by atoms with E-state index in [9.17, 15) is 0 Å². The Morgan fingerprint density at radius 2 is 2.70 bits per heavy atom. The van der Waals surface area contributed by atoms with Crippen molar-refractivity contribution in [2.45, 2.75) is 0 Å². The van der Waals surface area contributed by atoms with Crippen molar-refractivity contribution in [3.05, 3.63) is 24.0 Å². The van der Waals surface area contributed by atoms with E-state index < -0.39 is 7.04 Å². The van der Waals surface area contributed by atoms with E-state index in [1.54, 1.807) is 0 Å². The SMILES string of the molecule is [2H]C([2H])([2H])Oc1ccc(C#C)nc1. The van der Waals surface area contributed by atoms with Crippen LogP contribution in [0.2, 0.25) is 0 Å². The third-order valence-corrected chi connectivity index (χ3v) is 1.00. The summed E-state index contributed by atoms with van der Waals surface area (Å²) in [7, 11) is -2.45. The third kappa shape index (κ3) is 1.26. The molecular weight excluding hydrogens is 126 g/mol. The Bertz CT molecular complexity index is 323. The van der Waals surface area contributed by atoms with E-state index in [1.807, 2.05) is 0 Å². The number of pyridine rings is 1. The van der Waals surface area contributed by atoms with Crippen LogP contribution in [0.4, 0.5) is 0 Å². The second-order valence-electron chi connectivity index (χ2n) is 1.63. The van der Waals surface area contributed by atoms with Gasteiger partial charge in [-0.1, -0.05) is 5.92 Å². The van der Waals surface area contributed by atoms with E-state index in [0.29, 0.717) is 5.69 Å². The number of hydrogen-bond acceptors (Lipinski definition) is 2. The predicted molar refractivity (Wildman–Crippen MR) is 38.7 cm³/mol. The zero-order chi connectivity index (χ0) is 9.90. The molecule has 0 saturated carbocycles. The van der Waals surface area contributed by atoms with Crippen molar-refractivity contribution in [1.29, 1.82) is 0 Å². The number of nitrogens with zero attached hydrogens (tertiary/aromatic N) is 1. The number of methoxy groups -OCH3 is 1. The predicted octanol–water partition coefficient (Wildman–Crippen LogP) is 1.07. The molecule has 0 bridgehead atoms. The lowest BCUT2D eigenvalue weighted by Gasteiger charge is -1.95. The van der Waals surface area contributed by atoms with Gasteiger partial charge in [-0.15, -0.1) is 6.42 Å². The molecule has 0 aromatic carbocycles. The van der Waals surface area contributed by atoms with Crippen LogP contribution in [0.5, 0.6) is 5.75 Å². The van der Waals surface area contributed by atoms with Crippen LogP contribution in [-0.2, 0) is 0 Å². The normalized spacial score (nSPS) is 14.1. The van der Waals surface area contributed by atoms with Crippen LogP contribution in [0.1, 0.15) is 9.81 Å². The van der Waals surface area contributed by atoms with Gasteiger partial charge in [0.2, 0.25) is 0 Å². The van der Waals surface area contributed by atoms with Crippen LogP contribution in [-0.4, -0.2) is 12.0 Å². The number of terminal acetylenes is 1. The highest BCUT2D eigenvalue weighted by Gasteiger charge is 1.89.